The summed E-state index contributed by atoms with van der Waals surface area (Å²) in [5.41, 5.74) is 0.635. The average molecular weight is 363 g/mol. The number of piperidine rings is 1. The van der Waals surface area contributed by atoms with Crippen LogP contribution in [0.2, 0.25) is 5.02 Å². The van der Waals surface area contributed by atoms with Crippen LogP contribution in [0.25, 0.3) is 0 Å². The number of aliphatic hydroxyl groups excluding tert-OH is 1. The van der Waals surface area contributed by atoms with Crippen LogP contribution in [0.5, 0.6) is 0 Å². The standard InChI is InChI=1S/C14H17BrClNO3/c15-12-9-10(1-2-13(12)16)14(19)17-5-3-11(4-6-17)20-8-7-18/h1-2,9,11,18H,3-8H2. The lowest BCUT2D eigenvalue weighted by Crippen LogP contribution is -2.41. The maximum absolute atomic E-state index is 12.4. The highest BCUT2D eigenvalue weighted by molar-refractivity contribution is 9.10. The monoisotopic (exact) mass is 361 g/mol. The Labute approximate surface area is 131 Å². The van der Waals surface area contributed by atoms with Crippen molar-refractivity contribution in [3.63, 3.8) is 0 Å². The molecule has 0 spiro atoms. The van der Waals surface area contributed by atoms with Crippen LogP contribution in [0, 0.1) is 0 Å². The van der Waals surface area contributed by atoms with E-state index < -0.39 is 0 Å². The maximum Gasteiger partial charge on any atom is 0.253 e. The predicted octanol–water partition coefficient (Wildman–Crippen LogP) is 2.72. The van der Waals surface area contributed by atoms with E-state index in [-0.39, 0.29) is 18.6 Å². The van der Waals surface area contributed by atoms with Crippen molar-refractivity contribution in [1.82, 2.24) is 4.90 Å². The molecule has 2 rings (SSSR count). The van der Waals surface area contributed by atoms with E-state index in [4.69, 9.17) is 21.4 Å². The molecule has 1 saturated heterocycles. The van der Waals surface area contributed by atoms with Gasteiger partial charge in [-0.05, 0) is 47.0 Å². The molecule has 0 saturated carbocycles. The van der Waals surface area contributed by atoms with E-state index >= 15 is 0 Å². The van der Waals surface area contributed by atoms with Crippen LogP contribution in [-0.2, 0) is 4.74 Å². The molecule has 6 heteroatoms. The number of amides is 1. The minimum Gasteiger partial charge on any atom is -0.394 e. The van der Waals surface area contributed by atoms with Gasteiger partial charge in [0.15, 0.2) is 0 Å². The quantitative estimate of drug-likeness (QED) is 0.896. The summed E-state index contributed by atoms with van der Waals surface area (Å²) in [6, 6.07) is 5.21. The van der Waals surface area contributed by atoms with E-state index in [1.54, 1.807) is 18.2 Å². The zero-order chi connectivity index (χ0) is 14.5. The molecule has 1 aromatic carbocycles. The highest BCUT2D eigenvalue weighted by atomic mass is 79.9. The molecule has 0 atom stereocenters. The van der Waals surface area contributed by atoms with Crippen molar-refractivity contribution in [1.29, 1.82) is 0 Å². The number of likely N-dealkylation sites (tertiary alicyclic amines) is 1. The van der Waals surface area contributed by atoms with Gasteiger partial charge in [-0.1, -0.05) is 11.6 Å². The number of aliphatic hydroxyl groups is 1. The lowest BCUT2D eigenvalue weighted by Gasteiger charge is -2.32. The second kappa shape index (κ2) is 7.41. The number of rotatable bonds is 4. The minimum absolute atomic E-state index is 0.0166. The Kier molecular flexibility index (Phi) is 5.84. The fraction of sp³-hybridized carbons (Fsp3) is 0.500. The molecule has 1 aliphatic heterocycles. The molecule has 0 radical (unpaired) electrons. The van der Waals surface area contributed by atoms with Gasteiger partial charge in [0.05, 0.1) is 24.3 Å². The molecule has 0 unspecified atom stereocenters. The van der Waals surface area contributed by atoms with Crippen molar-refractivity contribution >= 4 is 33.4 Å². The Morgan fingerprint density at radius 2 is 2.15 bits per heavy atom. The molecule has 1 aromatic rings. The SMILES string of the molecule is O=C(c1ccc(Cl)c(Br)c1)N1CCC(OCCO)CC1. The smallest absolute Gasteiger partial charge is 0.253 e. The first-order chi connectivity index (χ1) is 9.61. The topological polar surface area (TPSA) is 49.8 Å². The van der Waals surface area contributed by atoms with Gasteiger partial charge < -0.3 is 14.7 Å². The Morgan fingerprint density at radius 3 is 2.75 bits per heavy atom. The van der Waals surface area contributed by atoms with E-state index in [1.807, 2.05) is 4.90 Å². The van der Waals surface area contributed by atoms with Crippen LogP contribution < -0.4 is 0 Å². The minimum atomic E-state index is 0.0166. The molecule has 1 heterocycles. The van der Waals surface area contributed by atoms with Gasteiger partial charge in [0, 0.05) is 23.1 Å². The molecule has 1 amide bonds. The number of hydrogen-bond acceptors (Lipinski definition) is 3. The van der Waals surface area contributed by atoms with Crippen LogP contribution in [0.3, 0.4) is 0 Å². The van der Waals surface area contributed by atoms with E-state index in [0.717, 1.165) is 17.3 Å². The van der Waals surface area contributed by atoms with Gasteiger partial charge in [-0.2, -0.15) is 0 Å². The fourth-order valence-corrected chi connectivity index (χ4v) is 2.75. The van der Waals surface area contributed by atoms with Gasteiger partial charge >= 0.3 is 0 Å². The van der Waals surface area contributed by atoms with Crippen molar-refractivity contribution < 1.29 is 14.6 Å². The first kappa shape index (κ1) is 15.8. The Hall–Kier alpha value is -0.620. The molecule has 110 valence electrons. The Morgan fingerprint density at radius 1 is 1.45 bits per heavy atom. The summed E-state index contributed by atoms with van der Waals surface area (Å²) < 4.78 is 6.22. The van der Waals surface area contributed by atoms with Gasteiger partial charge in [0.2, 0.25) is 0 Å². The predicted molar refractivity (Wildman–Crippen MR) is 81.1 cm³/mol. The summed E-state index contributed by atoms with van der Waals surface area (Å²) in [6.45, 7) is 1.75. The summed E-state index contributed by atoms with van der Waals surface area (Å²) in [7, 11) is 0. The van der Waals surface area contributed by atoms with Crippen molar-refractivity contribution in [2.45, 2.75) is 18.9 Å². The number of carbonyl (C=O) groups excluding carboxylic acids is 1. The van der Waals surface area contributed by atoms with Crippen LogP contribution in [0.4, 0.5) is 0 Å². The second-order valence-electron chi connectivity index (χ2n) is 4.71. The highest BCUT2D eigenvalue weighted by Gasteiger charge is 2.24. The van der Waals surface area contributed by atoms with E-state index in [9.17, 15) is 4.79 Å². The number of ether oxygens (including phenoxy) is 1. The Bertz CT molecular complexity index is 475. The number of halogens is 2. The molecule has 4 nitrogen and oxygen atoms in total. The highest BCUT2D eigenvalue weighted by Crippen LogP contribution is 2.24. The number of carbonyl (C=O) groups is 1. The van der Waals surface area contributed by atoms with Crippen molar-refractivity contribution in [2.75, 3.05) is 26.3 Å². The first-order valence-corrected chi connectivity index (χ1v) is 7.75. The summed E-state index contributed by atoms with van der Waals surface area (Å²) in [5.74, 6) is 0.0166. The number of benzene rings is 1. The van der Waals surface area contributed by atoms with Crippen molar-refractivity contribution in [2.24, 2.45) is 0 Å². The van der Waals surface area contributed by atoms with Crippen molar-refractivity contribution in [3.05, 3.63) is 33.3 Å². The largest absolute Gasteiger partial charge is 0.394 e. The third-order valence-corrected chi connectivity index (χ3v) is 4.55. The summed E-state index contributed by atoms with van der Waals surface area (Å²) in [6.07, 6.45) is 1.75. The average Bonchev–Trinajstić information content (AvgIpc) is 2.48. The van der Waals surface area contributed by atoms with Gasteiger partial charge in [-0.25, -0.2) is 0 Å². The van der Waals surface area contributed by atoms with Crippen LogP contribution in [-0.4, -0.2) is 48.3 Å². The van der Waals surface area contributed by atoms with Gasteiger partial charge in [0.25, 0.3) is 5.91 Å². The summed E-state index contributed by atoms with van der Waals surface area (Å²) in [5, 5.41) is 9.32. The van der Waals surface area contributed by atoms with Gasteiger partial charge in [0.1, 0.15) is 0 Å². The number of nitrogens with zero attached hydrogens (tertiary/aromatic N) is 1. The van der Waals surface area contributed by atoms with Crippen LogP contribution in [0.15, 0.2) is 22.7 Å². The molecule has 1 fully saturated rings. The third-order valence-electron chi connectivity index (χ3n) is 3.34. The molecular weight excluding hydrogens is 346 g/mol. The van der Waals surface area contributed by atoms with E-state index in [0.29, 0.717) is 30.3 Å². The number of hydrogen-bond donors (Lipinski definition) is 1. The fourth-order valence-electron chi connectivity index (χ4n) is 2.26. The Balaban J connectivity index is 1.92. The molecule has 1 aliphatic rings. The van der Waals surface area contributed by atoms with E-state index in [2.05, 4.69) is 15.9 Å². The molecular formula is C14H17BrClNO3. The second-order valence-corrected chi connectivity index (χ2v) is 5.98. The first-order valence-electron chi connectivity index (χ1n) is 6.58. The molecule has 20 heavy (non-hydrogen) atoms. The lowest BCUT2D eigenvalue weighted by atomic mass is 10.1. The summed E-state index contributed by atoms with van der Waals surface area (Å²) in [4.78, 5) is 14.2. The molecule has 0 aromatic heterocycles. The molecule has 0 aliphatic carbocycles. The lowest BCUT2D eigenvalue weighted by molar-refractivity contribution is -0.00554. The van der Waals surface area contributed by atoms with Gasteiger partial charge in [-0.3, -0.25) is 4.79 Å². The van der Waals surface area contributed by atoms with Crippen LogP contribution >= 0.6 is 27.5 Å². The normalized spacial score (nSPS) is 16.4. The maximum atomic E-state index is 12.4. The molecule has 1 N–H and O–H groups in total. The molecule has 0 bridgehead atoms. The van der Waals surface area contributed by atoms with Crippen LogP contribution in [0.1, 0.15) is 23.2 Å². The van der Waals surface area contributed by atoms with Crippen molar-refractivity contribution in [3.8, 4) is 0 Å². The summed E-state index contributed by atoms with van der Waals surface area (Å²) >= 11 is 9.26. The third kappa shape index (κ3) is 3.95. The zero-order valence-corrected chi connectivity index (χ0v) is 13.4. The van der Waals surface area contributed by atoms with Gasteiger partial charge in [-0.15, -0.1) is 0 Å². The van der Waals surface area contributed by atoms with E-state index in [1.165, 1.54) is 0 Å². The zero-order valence-electron chi connectivity index (χ0n) is 11.0.